The minimum Gasteiger partial charge on any atom is -0.309 e. The second-order valence-corrected chi connectivity index (χ2v) is 5.95. The van der Waals surface area contributed by atoms with Gasteiger partial charge in [0.25, 0.3) is 12.9 Å². The maximum atomic E-state index is 13.1. The molecule has 0 aliphatic carbocycles. The van der Waals surface area contributed by atoms with Crippen molar-refractivity contribution in [1.82, 2.24) is 14.8 Å². The van der Waals surface area contributed by atoms with Crippen molar-refractivity contribution in [2.75, 3.05) is 5.32 Å². The standard InChI is InChI=1S/C13H10BrClF4N4O/c1-5(13(24)21-7-3-2-6(14)4-20-7)23-10(12(18)19)8(15)9(22-23)11(16)17/h2-5,11-12H,1H3,(H,20,21,24). The Morgan fingerprint density at radius 1 is 1.29 bits per heavy atom. The van der Waals surface area contributed by atoms with Gasteiger partial charge in [-0.15, -0.1) is 0 Å². The van der Waals surface area contributed by atoms with Gasteiger partial charge < -0.3 is 5.32 Å². The number of anilines is 1. The maximum Gasteiger partial charge on any atom is 0.283 e. The number of amides is 1. The summed E-state index contributed by atoms with van der Waals surface area (Å²) in [5.74, 6) is -0.590. The van der Waals surface area contributed by atoms with Gasteiger partial charge in [-0.1, -0.05) is 11.6 Å². The molecule has 0 saturated carbocycles. The van der Waals surface area contributed by atoms with Gasteiger partial charge in [-0.2, -0.15) is 5.10 Å². The smallest absolute Gasteiger partial charge is 0.283 e. The van der Waals surface area contributed by atoms with Crippen LogP contribution in [-0.4, -0.2) is 20.7 Å². The van der Waals surface area contributed by atoms with E-state index < -0.39 is 41.2 Å². The molecule has 0 saturated heterocycles. The first-order chi connectivity index (χ1) is 11.2. The molecule has 2 aromatic heterocycles. The van der Waals surface area contributed by atoms with Crippen LogP contribution in [-0.2, 0) is 4.79 Å². The van der Waals surface area contributed by atoms with Gasteiger partial charge in [0.15, 0.2) is 0 Å². The van der Waals surface area contributed by atoms with Gasteiger partial charge in [0, 0.05) is 10.7 Å². The first-order valence-electron chi connectivity index (χ1n) is 6.48. The Bertz CT molecular complexity index is 738. The van der Waals surface area contributed by atoms with E-state index in [1.165, 1.54) is 19.2 Å². The largest absolute Gasteiger partial charge is 0.309 e. The lowest BCUT2D eigenvalue weighted by Gasteiger charge is -2.15. The van der Waals surface area contributed by atoms with E-state index in [1.54, 1.807) is 6.07 Å². The number of hydrogen-bond donors (Lipinski definition) is 1. The molecule has 0 fully saturated rings. The highest BCUT2D eigenvalue weighted by molar-refractivity contribution is 9.10. The molecule has 0 aliphatic rings. The third-order valence-corrected chi connectivity index (χ3v) is 3.91. The molecule has 0 radical (unpaired) electrons. The van der Waals surface area contributed by atoms with Gasteiger partial charge in [-0.25, -0.2) is 27.2 Å². The van der Waals surface area contributed by atoms with Crippen molar-refractivity contribution in [3.8, 4) is 0 Å². The van der Waals surface area contributed by atoms with Gasteiger partial charge in [0.2, 0.25) is 5.91 Å². The zero-order valence-electron chi connectivity index (χ0n) is 12.0. The molecule has 2 rings (SSSR count). The Morgan fingerprint density at radius 3 is 2.46 bits per heavy atom. The average molecular weight is 430 g/mol. The van der Waals surface area contributed by atoms with Crippen LogP contribution in [0.2, 0.25) is 5.02 Å². The summed E-state index contributed by atoms with van der Waals surface area (Å²) in [5.41, 5.74) is -1.92. The van der Waals surface area contributed by atoms with Gasteiger partial charge in [0.1, 0.15) is 23.2 Å². The number of carbonyl (C=O) groups excluding carboxylic acids is 1. The van der Waals surface area contributed by atoms with Crippen LogP contribution in [0.1, 0.15) is 37.2 Å². The minimum atomic E-state index is -3.17. The highest BCUT2D eigenvalue weighted by Crippen LogP contribution is 2.36. The van der Waals surface area contributed by atoms with Crippen LogP contribution in [0.15, 0.2) is 22.8 Å². The van der Waals surface area contributed by atoms with E-state index in [0.717, 1.165) is 0 Å². The number of halogens is 6. The van der Waals surface area contributed by atoms with Gasteiger partial charge in [0.05, 0.1) is 5.02 Å². The SMILES string of the molecule is CC(C(=O)Nc1ccc(Br)cn1)n1nc(C(F)F)c(Cl)c1C(F)F. The molecule has 0 aliphatic heterocycles. The van der Waals surface area contributed by atoms with E-state index in [4.69, 9.17) is 11.6 Å². The highest BCUT2D eigenvalue weighted by Gasteiger charge is 2.31. The Hall–Kier alpha value is -1.68. The van der Waals surface area contributed by atoms with Crippen LogP contribution in [0, 0.1) is 0 Å². The molecule has 24 heavy (non-hydrogen) atoms. The molecule has 5 nitrogen and oxygen atoms in total. The Balaban J connectivity index is 2.31. The lowest BCUT2D eigenvalue weighted by molar-refractivity contribution is -0.119. The van der Waals surface area contributed by atoms with Crippen LogP contribution in [0.4, 0.5) is 23.4 Å². The fourth-order valence-corrected chi connectivity index (χ4v) is 2.39. The topological polar surface area (TPSA) is 59.8 Å². The molecule has 0 aromatic carbocycles. The van der Waals surface area contributed by atoms with Crippen molar-refractivity contribution in [3.05, 3.63) is 39.2 Å². The van der Waals surface area contributed by atoms with Crippen molar-refractivity contribution in [2.24, 2.45) is 0 Å². The number of alkyl halides is 4. The monoisotopic (exact) mass is 428 g/mol. The first-order valence-corrected chi connectivity index (χ1v) is 7.66. The Kier molecular flexibility index (Phi) is 5.81. The van der Waals surface area contributed by atoms with Crippen LogP contribution in [0.25, 0.3) is 0 Å². The van der Waals surface area contributed by atoms with Crippen molar-refractivity contribution < 1.29 is 22.4 Å². The van der Waals surface area contributed by atoms with Crippen LogP contribution >= 0.6 is 27.5 Å². The number of rotatable bonds is 5. The Labute approximate surface area is 147 Å². The molecule has 11 heteroatoms. The molecule has 1 amide bonds. The molecular weight excluding hydrogens is 420 g/mol. The Morgan fingerprint density at radius 2 is 1.96 bits per heavy atom. The summed E-state index contributed by atoms with van der Waals surface area (Å²) in [4.78, 5) is 16.1. The number of aromatic nitrogens is 3. The molecule has 0 spiro atoms. The lowest BCUT2D eigenvalue weighted by Crippen LogP contribution is -2.26. The summed E-state index contributed by atoms with van der Waals surface area (Å²) in [7, 11) is 0. The molecule has 1 atom stereocenters. The number of carbonyl (C=O) groups is 1. The normalized spacial score (nSPS) is 12.7. The number of pyridine rings is 1. The first kappa shape index (κ1) is 18.7. The summed E-state index contributed by atoms with van der Waals surface area (Å²) >= 11 is 8.72. The van der Waals surface area contributed by atoms with Crippen LogP contribution in [0.5, 0.6) is 0 Å². The van der Waals surface area contributed by atoms with E-state index in [0.29, 0.717) is 9.15 Å². The summed E-state index contributed by atoms with van der Waals surface area (Å²) in [6.07, 6.45) is -4.89. The fraction of sp³-hybridized carbons (Fsp3) is 0.308. The summed E-state index contributed by atoms with van der Waals surface area (Å²) in [6, 6.07) is 1.78. The predicted octanol–water partition coefficient (Wildman–Crippen LogP) is 4.77. The zero-order valence-corrected chi connectivity index (χ0v) is 14.3. The van der Waals surface area contributed by atoms with E-state index >= 15 is 0 Å². The van der Waals surface area contributed by atoms with E-state index in [9.17, 15) is 22.4 Å². The van der Waals surface area contributed by atoms with Crippen LogP contribution < -0.4 is 5.32 Å². The van der Waals surface area contributed by atoms with E-state index in [2.05, 4.69) is 31.3 Å². The molecule has 1 unspecified atom stereocenters. The van der Waals surface area contributed by atoms with Gasteiger partial charge >= 0.3 is 0 Å². The van der Waals surface area contributed by atoms with Crippen LogP contribution in [0.3, 0.4) is 0 Å². The molecule has 1 N–H and O–H groups in total. The number of nitrogens with one attached hydrogen (secondary N) is 1. The third kappa shape index (κ3) is 3.86. The fourth-order valence-electron chi connectivity index (χ4n) is 1.87. The molecular formula is C13H10BrClF4N4O. The van der Waals surface area contributed by atoms with Gasteiger partial charge in [-0.3, -0.25) is 4.79 Å². The maximum absolute atomic E-state index is 13.1. The quantitative estimate of drug-likeness (QED) is 0.697. The van der Waals surface area contributed by atoms with Gasteiger partial charge in [-0.05, 0) is 35.0 Å². The highest BCUT2D eigenvalue weighted by atomic mass is 79.9. The molecule has 130 valence electrons. The van der Waals surface area contributed by atoms with Crippen molar-refractivity contribution in [2.45, 2.75) is 25.8 Å². The van der Waals surface area contributed by atoms with Crippen molar-refractivity contribution >= 4 is 39.3 Å². The summed E-state index contributed by atoms with van der Waals surface area (Å²) in [5, 5.41) is 4.91. The predicted molar refractivity (Wildman–Crippen MR) is 82.4 cm³/mol. The summed E-state index contributed by atoms with van der Waals surface area (Å²) < 4.78 is 53.0. The third-order valence-electron chi connectivity index (χ3n) is 3.05. The van der Waals surface area contributed by atoms with E-state index in [-0.39, 0.29) is 5.82 Å². The second kappa shape index (κ2) is 7.47. The lowest BCUT2D eigenvalue weighted by atomic mass is 10.3. The molecule has 2 aromatic rings. The minimum absolute atomic E-state index is 0.168. The number of hydrogen-bond acceptors (Lipinski definition) is 3. The zero-order chi connectivity index (χ0) is 18.0. The van der Waals surface area contributed by atoms with Crippen molar-refractivity contribution in [3.63, 3.8) is 0 Å². The summed E-state index contributed by atoms with van der Waals surface area (Å²) in [6.45, 7) is 1.23. The molecule has 0 bridgehead atoms. The second-order valence-electron chi connectivity index (χ2n) is 4.66. The van der Waals surface area contributed by atoms with Crippen molar-refractivity contribution in [1.29, 1.82) is 0 Å². The molecule has 2 heterocycles. The van der Waals surface area contributed by atoms with E-state index in [1.807, 2.05) is 0 Å². The number of nitrogens with zero attached hydrogens (tertiary/aromatic N) is 3. The average Bonchev–Trinajstić information content (AvgIpc) is 2.86.